The second-order valence-corrected chi connectivity index (χ2v) is 5.71. The summed E-state index contributed by atoms with van der Waals surface area (Å²) in [6, 6.07) is 10.4. The minimum atomic E-state index is -0.202. The quantitative estimate of drug-likeness (QED) is 0.482. The first-order valence-electron chi connectivity index (χ1n) is 7.92. The Morgan fingerprint density at radius 3 is 2.52 bits per heavy atom. The number of hydrogen-bond donors (Lipinski definition) is 0. The van der Waals surface area contributed by atoms with Crippen LogP contribution in [0, 0.1) is 11.8 Å². The number of carbonyl (C=O) groups is 1. The summed E-state index contributed by atoms with van der Waals surface area (Å²) in [5.41, 5.74) is 1.30. The maximum atomic E-state index is 11.3. The molecule has 1 rings (SSSR count). The minimum Gasteiger partial charge on any atom is -0.463 e. The molecule has 0 spiro atoms. The third kappa shape index (κ3) is 6.16. The predicted molar refractivity (Wildman–Crippen MR) is 88.1 cm³/mol. The molecular formula is C19H28O2. The molecule has 1 aromatic rings. The Morgan fingerprint density at radius 2 is 2.00 bits per heavy atom. The van der Waals surface area contributed by atoms with Crippen molar-refractivity contribution in [2.45, 2.75) is 52.6 Å². The Balaban J connectivity index is 2.81. The average Bonchev–Trinajstić information content (AvgIpc) is 2.46. The van der Waals surface area contributed by atoms with Crippen molar-refractivity contribution in [3.05, 3.63) is 48.6 Å². The molecule has 0 saturated heterocycles. The van der Waals surface area contributed by atoms with Crippen molar-refractivity contribution in [1.82, 2.24) is 0 Å². The van der Waals surface area contributed by atoms with E-state index in [1.165, 1.54) is 12.5 Å². The fourth-order valence-electron chi connectivity index (χ4n) is 2.88. The van der Waals surface area contributed by atoms with E-state index >= 15 is 0 Å². The molecule has 0 radical (unpaired) electrons. The van der Waals surface area contributed by atoms with Gasteiger partial charge in [-0.2, -0.15) is 0 Å². The zero-order valence-electron chi connectivity index (χ0n) is 13.5. The minimum absolute atomic E-state index is 0.0687. The maximum absolute atomic E-state index is 11.3. The molecule has 0 N–H and O–H groups in total. The van der Waals surface area contributed by atoms with Gasteiger partial charge in [-0.25, -0.2) is 0 Å². The van der Waals surface area contributed by atoms with E-state index in [1.807, 2.05) is 19.1 Å². The summed E-state index contributed by atoms with van der Waals surface area (Å²) in [4.78, 5) is 11.3. The number of allylic oxidation sites excluding steroid dienone is 1. The van der Waals surface area contributed by atoms with Crippen LogP contribution in [-0.4, -0.2) is 12.1 Å². The van der Waals surface area contributed by atoms with Gasteiger partial charge in [0, 0.05) is 12.8 Å². The maximum Gasteiger partial charge on any atom is 0.302 e. The highest BCUT2D eigenvalue weighted by molar-refractivity contribution is 5.66. The highest BCUT2D eigenvalue weighted by Gasteiger charge is 2.26. The highest BCUT2D eigenvalue weighted by Crippen LogP contribution is 2.28. The molecule has 2 heteroatoms. The fraction of sp³-hybridized carbons (Fsp3) is 0.526. The summed E-state index contributed by atoms with van der Waals surface area (Å²) in [5, 5.41) is 0. The van der Waals surface area contributed by atoms with Crippen molar-refractivity contribution in [2.75, 3.05) is 0 Å². The topological polar surface area (TPSA) is 26.3 Å². The lowest BCUT2D eigenvalue weighted by Gasteiger charge is -2.30. The normalized spacial score (nSPS) is 15.0. The van der Waals surface area contributed by atoms with Crippen LogP contribution in [0.3, 0.4) is 0 Å². The number of carbonyl (C=O) groups excluding carboxylic acids is 1. The molecule has 0 bridgehead atoms. The molecule has 0 aliphatic rings. The Labute approximate surface area is 129 Å². The Hall–Kier alpha value is -1.57. The first-order valence-corrected chi connectivity index (χ1v) is 7.92. The van der Waals surface area contributed by atoms with E-state index in [-0.39, 0.29) is 12.1 Å². The van der Waals surface area contributed by atoms with Crippen LogP contribution in [0.5, 0.6) is 0 Å². The van der Waals surface area contributed by atoms with E-state index in [0.717, 1.165) is 25.7 Å². The second kappa shape index (κ2) is 9.38. The third-order valence-corrected chi connectivity index (χ3v) is 4.01. The Kier molecular flexibility index (Phi) is 7.81. The summed E-state index contributed by atoms with van der Waals surface area (Å²) in [6.45, 7) is 9.68. The van der Waals surface area contributed by atoms with Gasteiger partial charge in [-0.1, -0.05) is 56.2 Å². The van der Waals surface area contributed by atoms with Crippen molar-refractivity contribution in [1.29, 1.82) is 0 Å². The number of benzene rings is 1. The standard InChI is InChI=1S/C19H28O2/c1-5-7-13-19(15(3)21-16(4)20)18(6-2)14-17-11-9-8-10-12-17/h6,8-12,15,18-19H,2,5,7,13-14H2,1,3-4H3. The van der Waals surface area contributed by atoms with Gasteiger partial charge in [-0.05, 0) is 31.2 Å². The van der Waals surface area contributed by atoms with Crippen LogP contribution in [0.25, 0.3) is 0 Å². The molecule has 0 fully saturated rings. The molecule has 0 heterocycles. The van der Waals surface area contributed by atoms with Gasteiger partial charge >= 0.3 is 5.97 Å². The summed E-state index contributed by atoms with van der Waals surface area (Å²) < 4.78 is 5.44. The lowest BCUT2D eigenvalue weighted by atomic mass is 9.80. The van der Waals surface area contributed by atoms with E-state index in [2.05, 4.69) is 37.8 Å². The zero-order chi connectivity index (χ0) is 15.7. The van der Waals surface area contributed by atoms with Gasteiger partial charge in [0.05, 0.1) is 0 Å². The van der Waals surface area contributed by atoms with Crippen molar-refractivity contribution in [2.24, 2.45) is 11.8 Å². The predicted octanol–water partition coefficient (Wildman–Crippen LogP) is 4.79. The Morgan fingerprint density at radius 1 is 1.33 bits per heavy atom. The van der Waals surface area contributed by atoms with Crippen molar-refractivity contribution < 1.29 is 9.53 Å². The van der Waals surface area contributed by atoms with Crippen LogP contribution < -0.4 is 0 Å². The monoisotopic (exact) mass is 288 g/mol. The molecule has 0 saturated carbocycles. The second-order valence-electron chi connectivity index (χ2n) is 5.71. The number of esters is 1. The number of hydrogen-bond acceptors (Lipinski definition) is 2. The zero-order valence-corrected chi connectivity index (χ0v) is 13.5. The van der Waals surface area contributed by atoms with Crippen molar-refractivity contribution in [3.63, 3.8) is 0 Å². The molecule has 0 aliphatic heterocycles. The molecule has 0 aliphatic carbocycles. The summed E-state index contributed by atoms with van der Waals surface area (Å²) >= 11 is 0. The number of rotatable bonds is 9. The lowest BCUT2D eigenvalue weighted by Crippen LogP contribution is -2.30. The van der Waals surface area contributed by atoms with E-state index in [9.17, 15) is 4.79 Å². The van der Waals surface area contributed by atoms with Crippen LogP contribution in [0.2, 0.25) is 0 Å². The van der Waals surface area contributed by atoms with E-state index in [4.69, 9.17) is 4.74 Å². The molecule has 3 atom stereocenters. The van der Waals surface area contributed by atoms with Crippen LogP contribution in [0.1, 0.15) is 45.6 Å². The summed E-state index contributed by atoms with van der Waals surface area (Å²) in [5.74, 6) is 0.450. The number of ether oxygens (including phenoxy) is 1. The fourth-order valence-corrected chi connectivity index (χ4v) is 2.88. The lowest BCUT2D eigenvalue weighted by molar-refractivity contribution is -0.148. The van der Waals surface area contributed by atoms with Gasteiger partial charge in [-0.3, -0.25) is 4.79 Å². The van der Waals surface area contributed by atoms with Gasteiger partial charge in [0.1, 0.15) is 6.10 Å². The van der Waals surface area contributed by atoms with Gasteiger partial charge in [0.15, 0.2) is 0 Å². The van der Waals surface area contributed by atoms with Crippen molar-refractivity contribution >= 4 is 5.97 Å². The summed E-state index contributed by atoms with van der Waals surface area (Å²) in [6.07, 6.45) is 6.26. The van der Waals surface area contributed by atoms with Crippen LogP contribution in [0.4, 0.5) is 0 Å². The van der Waals surface area contributed by atoms with Gasteiger partial charge < -0.3 is 4.74 Å². The van der Waals surface area contributed by atoms with Crippen molar-refractivity contribution in [3.8, 4) is 0 Å². The van der Waals surface area contributed by atoms with E-state index < -0.39 is 0 Å². The number of unbranched alkanes of at least 4 members (excludes halogenated alkanes) is 1. The average molecular weight is 288 g/mol. The molecule has 1 aromatic carbocycles. The van der Waals surface area contributed by atoms with Gasteiger partial charge in [0.2, 0.25) is 0 Å². The van der Waals surface area contributed by atoms with Crippen LogP contribution >= 0.6 is 0 Å². The molecule has 2 nitrogen and oxygen atoms in total. The molecule has 21 heavy (non-hydrogen) atoms. The molecule has 0 amide bonds. The largest absolute Gasteiger partial charge is 0.463 e. The first kappa shape index (κ1) is 17.5. The third-order valence-electron chi connectivity index (χ3n) is 4.01. The van der Waals surface area contributed by atoms with Gasteiger partial charge in [0.25, 0.3) is 0 Å². The molecule has 3 unspecified atom stereocenters. The highest BCUT2D eigenvalue weighted by atomic mass is 16.5. The van der Waals surface area contributed by atoms with Crippen LogP contribution in [0.15, 0.2) is 43.0 Å². The SMILES string of the molecule is C=CC(Cc1ccccc1)C(CCCC)C(C)OC(C)=O. The summed E-state index contributed by atoms with van der Waals surface area (Å²) in [7, 11) is 0. The Bertz CT molecular complexity index is 424. The molecular weight excluding hydrogens is 260 g/mol. The smallest absolute Gasteiger partial charge is 0.302 e. The van der Waals surface area contributed by atoms with Gasteiger partial charge in [-0.15, -0.1) is 6.58 Å². The van der Waals surface area contributed by atoms with Crippen LogP contribution in [-0.2, 0) is 16.0 Å². The molecule has 116 valence electrons. The molecule has 0 aromatic heterocycles. The van der Waals surface area contributed by atoms with E-state index in [1.54, 1.807) is 0 Å². The van der Waals surface area contributed by atoms with E-state index in [0.29, 0.717) is 11.8 Å². The first-order chi connectivity index (χ1) is 10.1.